The molecular formula is C27H46N2O3. The molecule has 5 nitrogen and oxygen atoms in total. The van der Waals surface area contributed by atoms with Gasteiger partial charge in [-0.15, -0.1) is 13.2 Å². The molecule has 0 aliphatic heterocycles. The summed E-state index contributed by atoms with van der Waals surface area (Å²) in [6.45, 7) is 24.6. The van der Waals surface area contributed by atoms with Gasteiger partial charge in [-0.05, 0) is 24.7 Å². The largest absolute Gasteiger partial charge is 0.463 e. The van der Waals surface area contributed by atoms with Crippen molar-refractivity contribution in [3.05, 3.63) is 37.0 Å². The molecule has 1 amide bonds. The average molecular weight is 447 g/mol. The van der Waals surface area contributed by atoms with E-state index in [0.717, 1.165) is 18.4 Å². The lowest BCUT2D eigenvalue weighted by Crippen LogP contribution is -2.60. The molecule has 0 N–H and O–H groups in total. The molecule has 0 fully saturated rings. The van der Waals surface area contributed by atoms with Crippen LogP contribution in [0.4, 0.5) is 0 Å². The first-order valence-electron chi connectivity index (χ1n) is 12.1. The third-order valence-corrected chi connectivity index (χ3v) is 6.35. The van der Waals surface area contributed by atoms with Crippen molar-refractivity contribution in [1.82, 2.24) is 9.80 Å². The number of nitrogens with zero attached hydrogens (tertiary/aromatic N) is 2. The smallest absolute Gasteiger partial charge is 0.333 e. The van der Waals surface area contributed by atoms with Crippen LogP contribution in [-0.2, 0) is 14.3 Å². The Bertz CT molecular complexity index is 663. The quantitative estimate of drug-likeness (QED) is 0.304. The predicted molar refractivity (Wildman–Crippen MR) is 133 cm³/mol. The number of hydrogen-bond donors (Lipinski definition) is 0. The molecule has 0 bridgehead atoms. The zero-order valence-electron chi connectivity index (χ0n) is 21.5. The van der Waals surface area contributed by atoms with Crippen LogP contribution >= 0.6 is 0 Å². The van der Waals surface area contributed by atoms with Crippen molar-refractivity contribution >= 4 is 11.9 Å². The fourth-order valence-corrected chi connectivity index (χ4v) is 5.00. The Labute approximate surface area is 196 Å². The highest BCUT2D eigenvalue weighted by Gasteiger charge is 2.45. The summed E-state index contributed by atoms with van der Waals surface area (Å²) in [7, 11) is 0. The average Bonchev–Trinajstić information content (AvgIpc) is 2.71. The summed E-state index contributed by atoms with van der Waals surface area (Å²) in [6, 6.07) is -0.0537. The summed E-state index contributed by atoms with van der Waals surface area (Å²) in [5.74, 6) is 0.278. The minimum absolute atomic E-state index is 0.0211. The van der Waals surface area contributed by atoms with E-state index in [4.69, 9.17) is 4.74 Å². The molecule has 0 saturated heterocycles. The van der Waals surface area contributed by atoms with E-state index in [-0.39, 0.29) is 35.3 Å². The Kier molecular flexibility index (Phi) is 11.4. The molecule has 0 saturated carbocycles. The summed E-state index contributed by atoms with van der Waals surface area (Å²) < 4.78 is 5.40. The maximum atomic E-state index is 13.0. The maximum absolute atomic E-state index is 13.0. The van der Waals surface area contributed by atoms with Crippen molar-refractivity contribution in [1.29, 1.82) is 0 Å². The SMILES string of the molecule is C=CCN(CC=C)C1CC(C(=O)OCC)=CC(C(CC)CC)C1N(CC(C)(C)C)C(C)=O. The lowest BCUT2D eigenvalue weighted by molar-refractivity contribution is -0.140. The molecule has 0 heterocycles. The van der Waals surface area contributed by atoms with E-state index in [0.29, 0.717) is 38.6 Å². The molecule has 3 atom stereocenters. The standard InChI is InChI=1S/C27H46N2O3/c1-10-15-28(16-11-2)24-18-22(26(31)32-14-5)17-23(21(12-3)13-4)25(24)29(20(6)30)19-27(7,8)9/h10-11,17,21,23-25H,1-2,12-16,18-19H2,3-9H3. The molecule has 0 aromatic rings. The van der Waals surface area contributed by atoms with Crippen molar-refractivity contribution in [2.45, 2.75) is 79.8 Å². The van der Waals surface area contributed by atoms with Crippen LogP contribution in [-0.4, -0.2) is 60.0 Å². The molecule has 182 valence electrons. The molecule has 5 heteroatoms. The Balaban J connectivity index is 3.71. The summed E-state index contributed by atoms with van der Waals surface area (Å²) in [6.07, 6.45) is 8.42. The fraction of sp³-hybridized carbons (Fsp3) is 0.704. The molecule has 3 unspecified atom stereocenters. The molecule has 32 heavy (non-hydrogen) atoms. The number of carbonyl (C=O) groups excluding carboxylic acids is 2. The van der Waals surface area contributed by atoms with Crippen molar-refractivity contribution in [3.8, 4) is 0 Å². The van der Waals surface area contributed by atoms with Gasteiger partial charge in [-0.1, -0.05) is 65.7 Å². The lowest BCUT2D eigenvalue weighted by atomic mass is 9.72. The second-order valence-corrected chi connectivity index (χ2v) is 10.1. The van der Waals surface area contributed by atoms with Gasteiger partial charge < -0.3 is 9.64 Å². The first-order valence-corrected chi connectivity index (χ1v) is 12.1. The third kappa shape index (κ3) is 7.61. The maximum Gasteiger partial charge on any atom is 0.333 e. The van der Waals surface area contributed by atoms with Crippen LogP contribution in [0.2, 0.25) is 0 Å². The topological polar surface area (TPSA) is 49.9 Å². The number of esters is 1. The molecule has 0 aromatic carbocycles. The van der Waals surface area contributed by atoms with Gasteiger partial charge in [-0.2, -0.15) is 0 Å². The molecular weight excluding hydrogens is 400 g/mol. The lowest BCUT2D eigenvalue weighted by Gasteiger charge is -2.50. The highest BCUT2D eigenvalue weighted by Crippen LogP contribution is 2.39. The highest BCUT2D eigenvalue weighted by atomic mass is 16.5. The van der Waals surface area contributed by atoms with Crippen LogP contribution in [0, 0.1) is 17.3 Å². The zero-order chi connectivity index (χ0) is 24.5. The van der Waals surface area contributed by atoms with Crippen LogP contribution < -0.4 is 0 Å². The molecule has 0 aromatic heterocycles. The number of carbonyl (C=O) groups is 2. The minimum Gasteiger partial charge on any atom is -0.463 e. The van der Waals surface area contributed by atoms with Crippen LogP contribution in [0.15, 0.2) is 37.0 Å². The summed E-state index contributed by atoms with van der Waals surface area (Å²) in [4.78, 5) is 30.2. The van der Waals surface area contributed by atoms with Gasteiger partial charge >= 0.3 is 5.97 Å². The first-order chi connectivity index (χ1) is 15.0. The first kappa shape index (κ1) is 28.2. The van der Waals surface area contributed by atoms with Gasteiger partial charge in [0.15, 0.2) is 0 Å². The van der Waals surface area contributed by atoms with E-state index in [1.807, 2.05) is 19.1 Å². The van der Waals surface area contributed by atoms with Gasteiger partial charge in [0.2, 0.25) is 5.91 Å². The zero-order valence-corrected chi connectivity index (χ0v) is 21.5. The van der Waals surface area contributed by atoms with Crippen LogP contribution in [0.25, 0.3) is 0 Å². The minimum atomic E-state index is -0.241. The van der Waals surface area contributed by atoms with Gasteiger partial charge in [-0.25, -0.2) is 4.79 Å². The van der Waals surface area contributed by atoms with Crippen molar-refractivity contribution < 1.29 is 14.3 Å². The Hall–Kier alpha value is -1.88. The van der Waals surface area contributed by atoms with Crippen molar-refractivity contribution in [3.63, 3.8) is 0 Å². The highest BCUT2D eigenvalue weighted by molar-refractivity contribution is 5.89. The van der Waals surface area contributed by atoms with Gasteiger partial charge in [0, 0.05) is 44.1 Å². The van der Waals surface area contributed by atoms with Crippen LogP contribution in [0.5, 0.6) is 0 Å². The number of hydrogen-bond acceptors (Lipinski definition) is 4. The second kappa shape index (κ2) is 13.0. The number of rotatable bonds is 12. The summed E-state index contributed by atoms with van der Waals surface area (Å²) in [5, 5.41) is 0. The molecule has 0 spiro atoms. The van der Waals surface area contributed by atoms with E-state index in [2.05, 4.69) is 63.7 Å². The molecule has 1 aliphatic carbocycles. The monoisotopic (exact) mass is 446 g/mol. The van der Waals surface area contributed by atoms with Crippen molar-refractivity contribution in [2.75, 3.05) is 26.2 Å². The van der Waals surface area contributed by atoms with E-state index < -0.39 is 0 Å². The van der Waals surface area contributed by atoms with Gasteiger partial charge in [-0.3, -0.25) is 9.69 Å². The molecule has 1 aliphatic rings. The summed E-state index contributed by atoms with van der Waals surface area (Å²) >= 11 is 0. The van der Waals surface area contributed by atoms with E-state index in [1.165, 1.54) is 0 Å². The third-order valence-electron chi connectivity index (χ3n) is 6.35. The fourth-order valence-electron chi connectivity index (χ4n) is 5.00. The van der Waals surface area contributed by atoms with Crippen LogP contribution in [0.1, 0.15) is 67.7 Å². The summed E-state index contributed by atoms with van der Waals surface area (Å²) in [5.41, 5.74) is 0.684. The van der Waals surface area contributed by atoms with Crippen LogP contribution in [0.3, 0.4) is 0 Å². The Morgan fingerprint density at radius 3 is 2.12 bits per heavy atom. The van der Waals surface area contributed by atoms with Gasteiger partial charge in [0.05, 0.1) is 12.6 Å². The van der Waals surface area contributed by atoms with Gasteiger partial charge in [0.25, 0.3) is 0 Å². The predicted octanol–water partition coefficient (Wildman–Crippen LogP) is 5.24. The Morgan fingerprint density at radius 1 is 1.16 bits per heavy atom. The Morgan fingerprint density at radius 2 is 1.72 bits per heavy atom. The van der Waals surface area contributed by atoms with Gasteiger partial charge in [0.1, 0.15) is 0 Å². The number of ether oxygens (including phenoxy) is 1. The molecule has 1 rings (SSSR count). The number of amides is 1. The van der Waals surface area contributed by atoms with E-state index in [1.54, 1.807) is 6.92 Å². The second-order valence-electron chi connectivity index (χ2n) is 10.1. The van der Waals surface area contributed by atoms with Crippen molar-refractivity contribution in [2.24, 2.45) is 17.3 Å². The molecule has 0 radical (unpaired) electrons. The van der Waals surface area contributed by atoms with E-state index in [9.17, 15) is 9.59 Å². The van der Waals surface area contributed by atoms with E-state index >= 15 is 0 Å². The normalized spacial score (nSPS) is 21.3.